The molecule has 2 rings (SSSR count). The summed E-state index contributed by atoms with van der Waals surface area (Å²) in [4.78, 5) is 2.57. The van der Waals surface area contributed by atoms with Gasteiger partial charge in [0, 0.05) is 30.9 Å². The molecule has 0 spiro atoms. The standard InChI is InChI=1S/C19H32N2/c1-15-12-16(13-20-18(2,3)4)8-9-17(15)21-11-7-10-19(5,6)14-21/h8-9,12,20H,7,10-11,13-14H2,1-6H3. The Labute approximate surface area is 130 Å². The lowest BCUT2D eigenvalue weighted by Gasteiger charge is -2.40. The Morgan fingerprint density at radius 1 is 1.24 bits per heavy atom. The fourth-order valence-electron chi connectivity index (χ4n) is 3.18. The van der Waals surface area contributed by atoms with Crippen molar-refractivity contribution in [3.63, 3.8) is 0 Å². The molecule has 1 heterocycles. The first-order valence-electron chi connectivity index (χ1n) is 8.26. The van der Waals surface area contributed by atoms with E-state index in [4.69, 9.17) is 0 Å². The summed E-state index contributed by atoms with van der Waals surface area (Å²) >= 11 is 0. The fraction of sp³-hybridized carbons (Fsp3) is 0.684. The minimum absolute atomic E-state index is 0.170. The third-order valence-corrected chi connectivity index (χ3v) is 4.33. The average molecular weight is 288 g/mol. The van der Waals surface area contributed by atoms with Crippen molar-refractivity contribution in [2.75, 3.05) is 18.0 Å². The van der Waals surface area contributed by atoms with E-state index >= 15 is 0 Å². The lowest BCUT2D eigenvalue weighted by Crippen LogP contribution is -2.40. The van der Waals surface area contributed by atoms with Crippen molar-refractivity contribution >= 4 is 5.69 Å². The minimum atomic E-state index is 0.170. The molecule has 0 unspecified atom stereocenters. The zero-order valence-corrected chi connectivity index (χ0v) is 14.7. The largest absolute Gasteiger partial charge is 0.371 e. The Morgan fingerprint density at radius 3 is 2.52 bits per heavy atom. The van der Waals surface area contributed by atoms with Crippen LogP contribution in [-0.4, -0.2) is 18.6 Å². The molecule has 0 bridgehead atoms. The second-order valence-electron chi connectivity index (χ2n) is 8.41. The molecule has 0 aromatic heterocycles. The highest BCUT2D eigenvalue weighted by Gasteiger charge is 2.27. The highest BCUT2D eigenvalue weighted by molar-refractivity contribution is 5.55. The van der Waals surface area contributed by atoms with Crippen molar-refractivity contribution in [3.05, 3.63) is 29.3 Å². The van der Waals surface area contributed by atoms with E-state index < -0.39 is 0 Å². The molecule has 0 amide bonds. The van der Waals surface area contributed by atoms with Gasteiger partial charge < -0.3 is 10.2 Å². The van der Waals surface area contributed by atoms with Gasteiger partial charge >= 0.3 is 0 Å². The van der Waals surface area contributed by atoms with Gasteiger partial charge in [0.05, 0.1) is 0 Å². The predicted molar refractivity (Wildman–Crippen MR) is 93.0 cm³/mol. The normalized spacial score (nSPS) is 18.9. The van der Waals surface area contributed by atoms with Gasteiger partial charge in [-0.05, 0) is 63.1 Å². The van der Waals surface area contributed by atoms with E-state index in [9.17, 15) is 0 Å². The molecule has 2 heteroatoms. The molecule has 1 aromatic carbocycles. The molecule has 1 aliphatic heterocycles. The van der Waals surface area contributed by atoms with Crippen molar-refractivity contribution < 1.29 is 0 Å². The van der Waals surface area contributed by atoms with Crippen LogP contribution in [-0.2, 0) is 6.54 Å². The minimum Gasteiger partial charge on any atom is -0.371 e. The Bertz CT molecular complexity index is 483. The topological polar surface area (TPSA) is 15.3 Å². The van der Waals surface area contributed by atoms with Gasteiger partial charge in [-0.25, -0.2) is 0 Å². The molecular weight excluding hydrogens is 256 g/mol. The summed E-state index contributed by atoms with van der Waals surface area (Å²) in [7, 11) is 0. The summed E-state index contributed by atoms with van der Waals surface area (Å²) in [6, 6.07) is 6.94. The van der Waals surface area contributed by atoms with Gasteiger partial charge in [-0.3, -0.25) is 0 Å². The third-order valence-electron chi connectivity index (χ3n) is 4.33. The zero-order valence-electron chi connectivity index (χ0n) is 14.7. The number of nitrogens with zero attached hydrogens (tertiary/aromatic N) is 1. The van der Waals surface area contributed by atoms with E-state index in [1.165, 1.54) is 42.7 Å². The number of benzene rings is 1. The number of piperidine rings is 1. The van der Waals surface area contributed by atoms with Gasteiger partial charge in [-0.15, -0.1) is 0 Å². The molecule has 0 saturated carbocycles. The van der Waals surface area contributed by atoms with Crippen LogP contribution in [0.5, 0.6) is 0 Å². The molecule has 21 heavy (non-hydrogen) atoms. The predicted octanol–water partition coefficient (Wildman–Crippen LogP) is 4.51. The molecule has 0 aliphatic carbocycles. The van der Waals surface area contributed by atoms with Crippen LogP contribution in [0.1, 0.15) is 58.6 Å². The number of aryl methyl sites for hydroxylation is 1. The van der Waals surface area contributed by atoms with Crippen LogP contribution >= 0.6 is 0 Å². The summed E-state index contributed by atoms with van der Waals surface area (Å²) in [5.41, 5.74) is 4.81. The molecule has 1 N–H and O–H groups in total. The van der Waals surface area contributed by atoms with Crippen molar-refractivity contribution in [2.24, 2.45) is 5.41 Å². The lowest BCUT2D eigenvalue weighted by atomic mass is 9.84. The maximum absolute atomic E-state index is 3.56. The zero-order chi connectivity index (χ0) is 15.7. The molecule has 1 aliphatic rings. The van der Waals surface area contributed by atoms with Crippen LogP contribution in [0.3, 0.4) is 0 Å². The first-order chi connectivity index (χ1) is 9.66. The molecule has 1 saturated heterocycles. The van der Waals surface area contributed by atoms with Gasteiger partial charge in [-0.2, -0.15) is 0 Å². The lowest BCUT2D eigenvalue weighted by molar-refractivity contribution is 0.293. The van der Waals surface area contributed by atoms with Crippen molar-refractivity contribution in [2.45, 2.75) is 66.5 Å². The molecular formula is C19H32N2. The monoisotopic (exact) mass is 288 g/mol. The van der Waals surface area contributed by atoms with Gasteiger partial charge in [0.15, 0.2) is 0 Å². The number of nitrogens with one attached hydrogen (secondary N) is 1. The molecule has 0 radical (unpaired) electrons. The Kier molecular flexibility index (Phi) is 4.67. The quantitative estimate of drug-likeness (QED) is 0.880. The average Bonchev–Trinajstić information content (AvgIpc) is 2.34. The summed E-state index contributed by atoms with van der Waals surface area (Å²) in [5, 5.41) is 3.56. The Morgan fingerprint density at radius 2 is 1.95 bits per heavy atom. The smallest absolute Gasteiger partial charge is 0.0396 e. The van der Waals surface area contributed by atoms with Crippen LogP contribution in [0.25, 0.3) is 0 Å². The first-order valence-corrected chi connectivity index (χ1v) is 8.26. The molecule has 2 nitrogen and oxygen atoms in total. The second kappa shape index (κ2) is 6.00. The summed E-state index contributed by atoms with van der Waals surface area (Å²) < 4.78 is 0. The fourth-order valence-corrected chi connectivity index (χ4v) is 3.18. The van der Waals surface area contributed by atoms with E-state index in [1.54, 1.807) is 0 Å². The van der Waals surface area contributed by atoms with Crippen LogP contribution in [0.4, 0.5) is 5.69 Å². The summed E-state index contributed by atoms with van der Waals surface area (Å²) in [5.74, 6) is 0. The maximum Gasteiger partial charge on any atom is 0.0396 e. The maximum atomic E-state index is 3.56. The second-order valence-corrected chi connectivity index (χ2v) is 8.41. The molecule has 1 fully saturated rings. The van der Waals surface area contributed by atoms with E-state index in [0.29, 0.717) is 5.41 Å². The number of hydrogen-bond donors (Lipinski definition) is 1. The number of hydrogen-bond acceptors (Lipinski definition) is 2. The van der Waals surface area contributed by atoms with Gasteiger partial charge in [-0.1, -0.05) is 26.0 Å². The van der Waals surface area contributed by atoms with E-state index in [1.807, 2.05) is 0 Å². The van der Waals surface area contributed by atoms with E-state index in [0.717, 1.165) is 6.54 Å². The molecule has 1 aromatic rings. The van der Waals surface area contributed by atoms with Gasteiger partial charge in [0.1, 0.15) is 0 Å². The third kappa shape index (κ3) is 4.74. The van der Waals surface area contributed by atoms with Crippen molar-refractivity contribution in [1.29, 1.82) is 0 Å². The van der Waals surface area contributed by atoms with Crippen LogP contribution in [0.15, 0.2) is 18.2 Å². The SMILES string of the molecule is Cc1cc(CNC(C)(C)C)ccc1N1CCCC(C)(C)C1. The number of anilines is 1. The van der Waals surface area contributed by atoms with E-state index in [-0.39, 0.29) is 5.54 Å². The Balaban J connectivity index is 2.09. The van der Waals surface area contributed by atoms with Gasteiger partial charge in [0.2, 0.25) is 0 Å². The number of rotatable bonds is 3. The molecule has 118 valence electrons. The molecule has 0 atom stereocenters. The summed E-state index contributed by atoms with van der Waals surface area (Å²) in [6.45, 7) is 17.0. The summed E-state index contributed by atoms with van der Waals surface area (Å²) in [6.07, 6.45) is 2.65. The van der Waals surface area contributed by atoms with Crippen molar-refractivity contribution in [1.82, 2.24) is 5.32 Å². The van der Waals surface area contributed by atoms with Crippen LogP contribution < -0.4 is 10.2 Å². The Hall–Kier alpha value is -1.02. The van der Waals surface area contributed by atoms with Gasteiger partial charge in [0.25, 0.3) is 0 Å². The van der Waals surface area contributed by atoms with Crippen LogP contribution in [0, 0.1) is 12.3 Å². The van der Waals surface area contributed by atoms with Crippen LogP contribution in [0.2, 0.25) is 0 Å². The highest BCUT2D eigenvalue weighted by atomic mass is 15.1. The highest BCUT2D eigenvalue weighted by Crippen LogP contribution is 2.33. The first kappa shape index (κ1) is 16.4. The van der Waals surface area contributed by atoms with E-state index in [2.05, 4.69) is 70.0 Å². The van der Waals surface area contributed by atoms with Crippen molar-refractivity contribution in [3.8, 4) is 0 Å².